The number of hydrogen-bond acceptors (Lipinski definition) is 2. The van der Waals surface area contributed by atoms with Crippen LogP contribution in [0.5, 0.6) is 0 Å². The van der Waals surface area contributed by atoms with Crippen LogP contribution in [0, 0.1) is 0 Å². The Balaban J connectivity index is 1.64. The average Bonchev–Trinajstić information content (AvgIpc) is 3.14. The molecule has 2 aromatic heterocycles. The number of nitrogens with zero attached hydrogens (tertiary/aromatic N) is 1. The monoisotopic (exact) mass is 276 g/mol. The second kappa shape index (κ2) is 4.49. The van der Waals surface area contributed by atoms with E-state index >= 15 is 0 Å². The van der Waals surface area contributed by atoms with Gasteiger partial charge in [0.25, 0.3) is 5.91 Å². The van der Waals surface area contributed by atoms with Gasteiger partial charge in [0.15, 0.2) is 0 Å². The summed E-state index contributed by atoms with van der Waals surface area (Å²) in [7, 11) is 0. The number of hydrogen-bond donors (Lipinski definition) is 3. The largest absolute Gasteiger partial charge is 0.361 e. The van der Waals surface area contributed by atoms with E-state index in [-0.39, 0.29) is 5.91 Å². The highest BCUT2D eigenvalue weighted by Gasteiger charge is 2.08. The van der Waals surface area contributed by atoms with Crippen LogP contribution in [-0.2, 0) is 0 Å². The van der Waals surface area contributed by atoms with Crippen LogP contribution in [-0.4, -0.2) is 21.1 Å². The smallest absolute Gasteiger partial charge is 0.255 e. The van der Waals surface area contributed by atoms with Gasteiger partial charge in [0.2, 0.25) is 0 Å². The summed E-state index contributed by atoms with van der Waals surface area (Å²) >= 11 is 0. The molecule has 0 saturated carbocycles. The number of aromatic amines is 2. The Morgan fingerprint density at radius 3 is 2.86 bits per heavy atom. The molecule has 3 N–H and O–H groups in total. The van der Waals surface area contributed by atoms with Crippen LogP contribution in [0.15, 0.2) is 54.9 Å². The molecule has 102 valence electrons. The maximum Gasteiger partial charge on any atom is 0.255 e. The molecule has 0 fully saturated rings. The Labute approximate surface area is 120 Å². The van der Waals surface area contributed by atoms with Crippen LogP contribution in [0.4, 0.5) is 5.69 Å². The zero-order chi connectivity index (χ0) is 14.2. The number of fused-ring (bicyclic) bond motifs is 2. The number of anilines is 1. The van der Waals surface area contributed by atoms with E-state index in [1.54, 1.807) is 6.20 Å². The lowest BCUT2D eigenvalue weighted by Gasteiger charge is -2.05. The number of carbonyl (C=O) groups is 1. The first kappa shape index (κ1) is 11.7. The molecule has 5 heteroatoms. The number of nitrogens with one attached hydrogen (secondary N) is 3. The van der Waals surface area contributed by atoms with E-state index in [9.17, 15) is 4.79 Å². The summed E-state index contributed by atoms with van der Waals surface area (Å²) in [5.41, 5.74) is 3.21. The first-order chi connectivity index (χ1) is 10.3. The number of rotatable bonds is 2. The van der Waals surface area contributed by atoms with Gasteiger partial charge in [-0.3, -0.25) is 9.89 Å². The van der Waals surface area contributed by atoms with Crippen molar-refractivity contribution >= 4 is 33.4 Å². The highest BCUT2D eigenvalue weighted by Crippen LogP contribution is 2.19. The quantitative estimate of drug-likeness (QED) is 0.525. The molecule has 0 atom stereocenters. The number of benzene rings is 2. The van der Waals surface area contributed by atoms with E-state index in [2.05, 4.69) is 20.5 Å². The molecule has 0 aliphatic heterocycles. The van der Waals surface area contributed by atoms with Crippen molar-refractivity contribution in [2.75, 3.05) is 5.32 Å². The number of aromatic nitrogens is 3. The lowest BCUT2D eigenvalue weighted by molar-refractivity contribution is 0.102. The molecule has 0 bridgehead atoms. The van der Waals surface area contributed by atoms with Crippen LogP contribution >= 0.6 is 0 Å². The summed E-state index contributed by atoms with van der Waals surface area (Å²) in [6.45, 7) is 0. The highest BCUT2D eigenvalue weighted by molar-refractivity contribution is 6.06. The molecular formula is C16H12N4O. The molecule has 0 aliphatic rings. The van der Waals surface area contributed by atoms with Crippen LogP contribution in [0.2, 0.25) is 0 Å². The van der Waals surface area contributed by atoms with E-state index in [4.69, 9.17) is 0 Å². The van der Waals surface area contributed by atoms with E-state index in [0.29, 0.717) is 5.56 Å². The van der Waals surface area contributed by atoms with Crippen LogP contribution in [0.3, 0.4) is 0 Å². The summed E-state index contributed by atoms with van der Waals surface area (Å²) in [6.07, 6.45) is 3.61. The van der Waals surface area contributed by atoms with Crippen molar-refractivity contribution < 1.29 is 4.79 Å². The van der Waals surface area contributed by atoms with Gasteiger partial charge < -0.3 is 10.3 Å². The van der Waals surface area contributed by atoms with Gasteiger partial charge in [-0.15, -0.1) is 0 Å². The maximum atomic E-state index is 12.3. The van der Waals surface area contributed by atoms with E-state index in [0.717, 1.165) is 27.5 Å². The number of carbonyl (C=O) groups excluding carboxylic acids is 1. The molecule has 0 spiro atoms. The Hall–Kier alpha value is -3.08. The summed E-state index contributed by atoms with van der Waals surface area (Å²) in [6, 6.07) is 13.2. The number of H-pyrrole nitrogens is 2. The van der Waals surface area contributed by atoms with Gasteiger partial charge in [-0.1, -0.05) is 6.07 Å². The third kappa shape index (κ3) is 2.04. The molecular weight excluding hydrogens is 264 g/mol. The molecule has 21 heavy (non-hydrogen) atoms. The van der Waals surface area contributed by atoms with Gasteiger partial charge in [-0.05, 0) is 41.8 Å². The molecule has 4 aromatic rings. The van der Waals surface area contributed by atoms with E-state index in [1.807, 2.05) is 48.7 Å². The molecule has 0 saturated heterocycles. The molecule has 1 amide bonds. The Morgan fingerprint density at radius 1 is 1.00 bits per heavy atom. The fraction of sp³-hybridized carbons (Fsp3) is 0. The summed E-state index contributed by atoms with van der Waals surface area (Å²) in [5.74, 6) is -0.134. The van der Waals surface area contributed by atoms with Crippen molar-refractivity contribution in [3.05, 3.63) is 60.4 Å². The molecule has 0 radical (unpaired) electrons. The zero-order valence-electron chi connectivity index (χ0n) is 11.1. The molecule has 0 aliphatic carbocycles. The van der Waals surface area contributed by atoms with Gasteiger partial charge in [0.05, 0.1) is 11.7 Å². The maximum absolute atomic E-state index is 12.3. The lowest BCUT2D eigenvalue weighted by atomic mass is 10.1. The Bertz CT molecular complexity index is 951. The van der Waals surface area contributed by atoms with Crippen LogP contribution in [0.25, 0.3) is 21.8 Å². The van der Waals surface area contributed by atoms with Crippen LogP contribution < -0.4 is 5.32 Å². The third-order valence-corrected chi connectivity index (χ3v) is 3.52. The van der Waals surface area contributed by atoms with Gasteiger partial charge in [-0.2, -0.15) is 5.10 Å². The summed E-state index contributed by atoms with van der Waals surface area (Å²) in [5, 5.41) is 11.9. The van der Waals surface area contributed by atoms with Crippen molar-refractivity contribution in [3.63, 3.8) is 0 Å². The van der Waals surface area contributed by atoms with E-state index in [1.165, 1.54) is 0 Å². The molecule has 2 aromatic carbocycles. The predicted octanol–water partition coefficient (Wildman–Crippen LogP) is 3.30. The second-order valence-corrected chi connectivity index (χ2v) is 4.91. The topological polar surface area (TPSA) is 73.6 Å². The van der Waals surface area contributed by atoms with E-state index < -0.39 is 0 Å². The lowest BCUT2D eigenvalue weighted by Crippen LogP contribution is -2.11. The molecule has 5 nitrogen and oxygen atoms in total. The summed E-state index contributed by atoms with van der Waals surface area (Å²) in [4.78, 5) is 15.4. The van der Waals surface area contributed by atoms with Crippen molar-refractivity contribution in [2.24, 2.45) is 0 Å². The van der Waals surface area contributed by atoms with Crippen molar-refractivity contribution in [2.45, 2.75) is 0 Å². The standard InChI is InChI=1S/C16H12N4O/c21-16(11-2-1-10-5-6-17-14(10)7-11)19-13-4-3-12-9-18-20-15(12)8-13/h1-9,17H,(H,18,20)(H,19,21). The second-order valence-electron chi connectivity index (χ2n) is 4.91. The fourth-order valence-electron chi connectivity index (χ4n) is 2.41. The van der Waals surface area contributed by atoms with Gasteiger partial charge >= 0.3 is 0 Å². The number of amides is 1. The average molecular weight is 276 g/mol. The highest BCUT2D eigenvalue weighted by atomic mass is 16.1. The normalized spacial score (nSPS) is 11.0. The molecule has 2 heterocycles. The zero-order valence-corrected chi connectivity index (χ0v) is 11.1. The minimum Gasteiger partial charge on any atom is -0.361 e. The minimum atomic E-state index is -0.134. The SMILES string of the molecule is O=C(Nc1ccc2cn[nH]c2c1)c1ccc2cc[nH]c2c1. The Kier molecular flexibility index (Phi) is 2.50. The predicted molar refractivity (Wildman–Crippen MR) is 82.3 cm³/mol. The van der Waals surface area contributed by atoms with Gasteiger partial charge in [0.1, 0.15) is 0 Å². The van der Waals surface area contributed by atoms with Crippen LogP contribution in [0.1, 0.15) is 10.4 Å². The first-order valence-corrected chi connectivity index (χ1v) is 6.61. The molecule has 0 unspecified atom stereocenters. The first-order valence-electron chi connectivity index (χ1n) is 6.61. The fourth-order valence-corrected chi connectivity index (χ4v) is 2.41. The summed E-state index contributed by atoms with van der Waals surface area (Å²) < 4.78 is 0. The third-order valence-electron chi connectivity index (χ3n) is 3.52. The molecule has 4 rings (SSSR count). The Morgan fingerprint density at radius 2 is 1.90 bits per heavy atom. The minimum absolute atomic E-state index is 0.134. The van der Waals surface area contributed by atoms with Crippen molar-refractivity contribution in [1.82, 2.24) is 15.2 Å². The van der Waals surface area contributed by atoms with Crippen molar-refractivity contribution in [3.8, 4) is 0 Å². The van der Waals surface area contributed by atoms with Crippen molar-refractivity contribution in [1.29, 1.82) is 0 Å². The van der Waals surface area contributed by atoms with Gasteiger partial charge in [-0.25, -0.2) is 0 Å². The van der Waals surface area contributed by atoms with Gasteiger partial charge in [0, 0.05) is 28.4 Å².